The van der Waals surface area contributed by atoms with Crippen molar-refractivity contribution in [2.24, 2.45) is 0 Å². The summed E-state index contributed by atoms with van der Waals surface area (Å²) < 4.78 is 30.3. The third-order valence-corrected chi connectivity index (χ3v) is 5.78. The van der Waals surface area contributed by atoms with E-state index in [9.17, 15) is 4.79 Å². The second-order valence-electron chi connectivity index (χ2n) is 8.20. The average molecular weight is 463 g/mol. The van der Waals surface area contributed by atoms with E-state index in [2.05, 4.69) is 0 Å². The van der Waals surface area contributed by atoms with Crippen molar-refractivity contribution < 1.29 is 28.5 Å². The Bertz CT molecular complexity index is 1010. The predicted octanol–water partition coefficient (Wildman–Crippen LogP) is 4.77. The van der Waals surface area contributed by atoms with Crippen LogP contribution >= 0.6 is 0 Å². The number of ether oxygens (including phenoxy) is 5. The van der Waals surface area contributed by atoms with E-state index >= 15 is 0 Å². The Morgan fingerprint density at radius 1 is 0.735 bits per heavy atom. The van der Waals surface area contributed by atoms with Crippen LogP contribution in [0, 0.1) is 0 Å². The van der Waals surface area contributed by atoms with Crippen molar-refractivity contribution >= 4 is 5.97 Å². The van der Waals surface area contributed by atoms with Crippen LogP contribution in [0.5, 0.6) is 0 Å². The molecule has 178 valence electrons. The molecule has 1 saturated heterocycles. The average Bonchev–Trinajstić information content (AvgIpc) is 2.89. The molecule has 1 fully saturated rings. The van der Waals surface area contributed by atoms with Crippen LogP contribution in [-0.2, 0) is 36.9 Å². The van der Waals surface area contributed by atoms with Crippen LogP contribution < -0.4 is 0 Å². The molecule has 0 saturated carbocycles. The summed E-state index contributed by atoms with van der Waals surface area (Å²) in [5.74, 6) is -0.438. The van der Waals surface area contributed by atoms with Gasteiger partial charge in [0.2, 0.25) is 0 Å². The van der Waals surface area contributed by atoms with Crippen LogP contribution in [0.15, 0.2) is 91.0 Å². The molecule has 1 heterocycles. The number of esters is 1. The summed E-state index contributed by atoms with van der Waals surface area (Å²) in [6, 6.07) is 28.6. The highest BCUT2D eigenvalue weighted by Gasteiger charge is 2.48. The van der Waals surface area contributed by atoms with E-state index in [4.69, 9.17) is 23.7 Å². The molecule has 4 rings (SSSR count). The Labute approximate surface area is 200 Å². The molecule has 3 aromatic carbocycles. The third kappa shape index (κ3) is 6.10. The third-order valence-electron chi connectivity index (χ3n) is 5.78. The van der Waals surface area contributed by atoms with E-state index in [1.165, 1.54) is 0 Å². The minimum absolute atomic E-state index is 0.333. The summed E-state index contributed by atoms with van der Waals surface area (Å²) in [6.07, 6.45) is -3.05. The molecule has 6 heteroatoms. The number of hydrogen-bond acceptors (Lipinski definition) is 6. The molecule has 1 aliphatic heterocycles. The minimum atomic E-state index is -0.691. The number of carbonyl (C=O) groups is 1. The van der Waals surface area contributed by atoms with E-state index in [-0.39, 0.29) is 0 Å². The first kappa shape index (κ1) is 24.1. The second kappa shape index (κ2) is 11.9. The molecular weight excluding hydrogens is 432 g/mol. The van der Waals surface area contributed by atoms with Gasteiger partial charge in [-0.05, 0) is 30.2 Å². The fraction of sp³-hybridized carbons (Fsp3) is 0.321. The fourth-order valence-electron chi connectivity index (χ4n) is 3.99. The van der Waals surface area contributed by atoms with Gasteiger partial charge in [0, 0.05) is 7.11 Å². The van der Waals surface area contributed by atoms with E-state index in [0.29, 0.717) is 18.8 Å². The molecule has 0 radical (unpaired) electrons. The normalized spacial score (nSPS) is 24.5. The summed E-state index contributed by atoms with van der Waals surface area (Å²) in [5.41, 5.74) is 2.48. The molecule has 0 aromatic heterocycles. The van der Waals surface area contributed by atoms with Crippen molar-refractivity contribution in [3.63, 3.8) is 0 Å². The van der Waals surface area contributed by atoms with E-state index < -0.39 is 36.7 Å². The van der Waals surface area contributed by atoms with Gasteiger partial charge in [-0.15, -0.1) is 0 Å². The number of benzene rings is 3. The van der Waals surface area contributed by atoms with Crippen LogP contribution in [0.1, 0.15) is 28.4 Å². The molecule has 34 heavy (non-hydrogen) atoms. The largest absolute Gasteiger partial charge is 0.453 e. The molecular formula is C28H30O6. The maximum atomic E-state index is 12.9. The maximum absolute atomic E-state index is 12.9. The Hall–Kier alpha value is -3.03. The highest BCUT2D eigenvalue weighted by Crippen LogP contribution is 2.30. The predicted molar refractivity (Wildman–Crippen MR) is 127 cm³/mol. The number of hydrogen-bond donors (Lipinski definition) is 0. The van der Waals surface area contributed by atoms with Gasteiger partial charge in [-0.25, -0.2) is 4.79 Å². The second-order valence-corrected chi connectivity index (χ2v) is 8.20. The van der Waals surface area contributed by atoms with E-state index in [1.54, 1.807) is 31.4 Å². The molecule has 0 N–H and O–H groups in total. The van der Waals surface area contributed by atoms with Gasteiger partial charge in [0.05, 0.1) is 24.9 Å². The van der Waals surface area contributed by atoms with E-state index in [0.717, 1.165) is 11.1 Å². The Morgan fingerprint density at radius 2 is 1.24 bits per heavy atom. The van der Waals surface area contributed by atoms with E-state index in [1.807, 2.05) is 73.7 Å². The highest BCUT2D eigenvalue weighted by molar-refractivity contribution is 5.89. The minimum Gasteiger partial charge on any atom is -0.453 e. The van der Waals surface area contributed by atoms with Crippen molar-refractivity contribution in [3.8, 4) is 0 Å². The zero-order chi connectivity index (χ0) is 23.8. The van der Waals surface area contributed by atoms with Crippen LogP contribution in [-0.4, -0.2) is 43.8 Å². The van der Waals surface area contributed by atoms with Crippen molar-refractivity contribution in [2.45, 2.75) is 50.8 Å². The lowest BCUT2D eigenvalue weighted by Gasteiger charge is -2.44. The summed E-state index contributed by atoms with van der Waals surface area (Å²) in [5, 5.41) is 0. The lowest BCUT2D eigenvalue weighted by molar-refractivity contribution is -0.306. The van der Waals surface area contributed by atoms with Crippen molar-refractivity contribution in [3.05, 3.63) is 108 Å². The van der Waals surface area contributed by atoms with Crippen molar-refractivity contribution in [1.29, 1.82) is 0 Å². The molecule has 1 aliphatic rings. The SMILES string of the molecule is CO[C@H]1O[C@@H](C)[C@@H](OC(=O)c2ccccc2)[C@@H](OCc2ccccc2)[C@@H]1OCc1ccccc1. The molecule has 6 nitrogen and oxygen atoms in total. The van der Waals surface area contributed by atoms with Gasteiger partial charge in [0.25, 0.3) is 0 Å². The first-order chi connectivity index (χ1) is 16.7. The summed E-state index contributed by atoms with van der Waals surface area (Å²) in [7, 11) is 1.57. The van der Waals surface area contributed by atoms with Gasteiger partial charge in [-0.2, -0.15) is 0 Å². The van der Waals surface area contributed by atoms with Crippen molar-refractivity contribution in [2.75, 3.05) is 7.11 Å². The molecule has 0 unspecified atom stereocenters. The first-order valence-corrected chi connectivity index (χ1v) is 11.4. The maximum Gasteiger partial charge on any atom is 0.338 e. The zero-order valence-electron chi connectivity index (χ0n) is 19.4. The molecule has 0 bridgehead atoms. The summed E-state index contributed by atoms with van der Waals surface area (Å²) in [6.45, 7) is 2.52. The van der Waals surface area contributed by atoms with Gasteiger partial charge in [0.1, 0.15) is 12.2 Å². The van der Waals surface area contributed by atoms with Gasteiger partial charge in [0.15, 0.2) is 12.4 Å². The molecule has 0 amide bonds. The van der Waals surface area contributed by atoms with Crippen LogP contribution in [0.3, 0.4) is 0 Å². The van der Waals surface area contributed by atoms with Crippen molar-refractivity contribution in [1.82, 2.24) is 0 Å². The molecule has 0 spiro atoms. The quantitative estimate of drug-likeness (QED) is 0.427. The monoisotopic (exact) mass is 462 g/mol. The standard InChI is InChI=1S/C28H30O6/c1-20-24(34-27(29)23-16-10-5-11-17-23)25(31-18-21-12-6-3-7-13-21)26(28(30-2)33-20)32-19-22-14-8-4-9-15-22/h3-17,20,24-26,28H,18-19H2,1-2H3/t20-,24+,25+,26-,28-/m0/s1. The van der Waals surface area contributed by atoms with Gasteiger partial charge < -0.3 is 23.7 Å². The zero-order valence-corrected chi connectivity index (χ0v) is 19.4. The Kier molecular flexibility index (Phi) is 8.44. The summed E-state index contributed by atoms with van der Waals surface area (Å²) >= 11 is 0. The van der Waals surface area contributed by atoms with Crippen LogP contribution in [0.4, 0.5) is 0 Å². The number of methoxy groups -OCH3 is 1. The topological polar surface area (TPSA) is 63.2 Å². The van der Waals surface area contributed by atoms with Gasteiger partial charge >= 0.3 is 5.97 Å². The Balaban J connectivity index is 1.57. The van der Waals surface area contributed by atoms with Gasteiger partial charge in [-0.3, -0.25) is 0 Å². The number of rotatable bonds is 9. The van der Waals surface area contributed by atoms with Crippen LogP contribution in [0.2, 0.25) is 0 Å². The van der Waals surface area contributed by atoms with Gasteiger partial charge in [-0.1, -0.05) is 78.9 Å². The lowest BCUT2D eigenvalue weighted by Crippen LogP contribution is -2.60. The smallest absolute Gasteiger partial charge is 0.338 e. The first-order valence-electron chi connectivity index (χ1n) is 11.4. The fourth-order valence-corrected chi connectivity index (χ4v) is 3.99. The highest BCUT2D eigenvalue weighted by atomic mass is 16.7. The summed E-state index contributed by atoms with van der Waals surface area (Å²) in [4.78, 5) is 12.9. The molecule has 0 aliphatic carbocycles. The Morgan fingerprint density at radius 3 is 1.76 bits per heavy atom. The molecule has 3 aromatic rings. The molecule has 5 atom stereocenters. The number of carbonyl (C=O) groups excluding carboxylic acids is 1. The van der Waals surface area contributed by atoms with Crippen LogP contribution in [0.25, 0.3) is 0 Å². The lowest BCUT2D eigenvalue weighted by atomic mass is 9.98.